The van der Waals surface area contributed by atoms with E-state index in [4.69, 9.17) is 14.2 Å². The summed E-state index contributed by atoms with van der Waals surface area (Å²) in [6.45, 7) is 2.92. The number of hydrogen-bond acceptors (Lipinski definition) is 8. The van der Waals surface area contributed by atoms with Crippen molar-refractivity contribution in [2.75, 3.05) is 39.8 Å². The number of azo groups is 1. The quantitative estimate of drug-likeness (QED) is 0.427. The van der Waals surface area contributed by atoms with Gasteiger partial charge in [-0.3, -0.25) is 0 Å². The monoisotopic (exact) mass is 435 g/mol. The summed E-state index contributed by atoms with van der Waals surface area (Å²) >= 11 is 0. The highest BCUT2D eigenvalue weighted by atomic mass is 16.5. The molecule has 8 heteroatoms. The predicted octanol–water partition coefficient (Wildman–Crippen LogP) is 4.77. The molecule has 0 aliphatic carbocycles. The van der Waals surface area contributed by atoms with Crippen LogP contribution in [0.25, 0.3) is 0 Å². The minimum atomic E-state index is 0.262. The molecule has 3 rings (SSSR count). The van der Waals surface area contributed by atoms with E-state index >= 15 is 0 Å². The van der Waals surface area contributed by atoms with Crippen LogP contribution in [0.15, 0.2) is 58.8 Å². The van der Waals surface area contributed by atoms with Crippen molar-refractivity contribution >= 4 is 11.8 Å². The molecule has 1 aromatic heterocycles. The van der Waals surface area contributed by atoms with Crippen molar-refractivity contribution in [3.05, 3.63) is 65.2 Å². The molecule has 3 aromatic rings. The van der Waals surface area contributed by atoms with Gasteiger partial charge in [0.15, 0.2) is 11.5 Å². The maximum atomic E-state index is 5.92. The van der Waals surface area contributed by atoms with Gasteiger partial charge in [0, 0.05) is 32.1 Å². The Morgan fingerprint density at radius 3 is 2.50 bits per heavy atom. The van der Waals surface area contributed by atoms with Crippen LogP contribution in [0.3, 0.4) is 0 Å². The van der Waals surface area contributed by atoms with E-state index < -0.39 is 0 Å². The first-order valence-electron chi connectivity index (χ1n) is 10.3. The molecular formula is C24H29N5O3. The third kappa shape index (κ3) is 6.16. The van der Waals surface area contributed by atoms with E-state index in [1.54, 1.807) is 20.3 Å². The largest absolute Gasteiger partial charge is 0.493 e. The Labute approximate surface area is 188 Å². The molecule has 168 valence electrons. The van der Waals surface area contributed by atoms with Crippen LogP contribution < -0.4 is 19.1 Å². The van der Waals surface area contributed by atoms with Gasteiger partial charge < -0.3 is 19.1 Å². The number of aryl methyl sites for hydroxylation is 1. The number of nitrogens with zero attached hydrogens (tertiary/aromatic N) is 5. The van der Waals surface area contributed by atoms with Crippen LogP contribution in [0.5, 0.6) is 17.4 Å². The topological polar surface area (TPSA) is 81.4 Å². The van der Waals surface area contributed by atoms with Gasteiger partial charge in [0.05, 0.1) is 27.4 Å². The van der Waals surface area contributed by atoms with E-state index in [1.807, 2.05) is 49.3 Å². The molecule has 0 aliphatic heterocycles. The lowest BCUT2D eigenvalue weighted by molar-refractivity contribution is 0.304. The average Bonchev–Trinajstić information content (AvgIpc) is 2.78. The van der Waals surface area contributed by atoms with Crippen molar-refractivity contribution in [1.29, 1.82) is 0 Å². The molecule has 0 fully saturated rings. The van der Waals surface area contributed by atoms with Crippen LogP contribution >= 0.6 is 0 Å². The summed E-state index contributed by atoms with van der Waals surface area (Å²) in [6.07, 6.45) is 0.631. The molecule has 0 saturated heterocycles. The molecule has 0 spiro atoms. The summed E-state index contributed by atoms with van der Waals surface area (Å²) in [7, 11) is 7.06. The van der Waals surface area contributed by atoms with Crippen LogP contribution in [-0.2, 0) is 13.0 Å². The smallest absolute Gasteiger partial charge is 0.273 e. The predicted molar refractivity (Wildman–Crippen MR) is 125 cm³/mol. The molecule has 0 bridgehead atoms. The summed E-state index contributed by atoms with van der Waals surface area (Å²) in [4.78, 5) is 10.7. The van der Waals surface area contributed by atoms with Gasteiger partial charge in [-0.1, -0.05) is 42.0 Å². The Hall–Kier alpha value is -3.68. The number of methoxy groups -OCH3 is 2. The first-order chi connectivity index (χ1) is 15.5. The summed E-state index contributed by atoms with van der Waals surface area (Å²) in [5.41, 5.74) is 3.26. The fourth-order valence-electron chi connectivity index (χ4n) is 3.16. The normalized spacial score (nSPS) is 10.9. The second-order valence-electron chi connectivity index (χ2n) is 7.40. The van der Waals surface area contributed by atoms with Crippen LogP contribution in [0.4, 0.5) is 11.8 Å². The van der Waals surface area contributed by atoms with E-state index in [2.05, 4.69) is 39.3 Å². The molecule has 0 amide bonds. The van der Waals surface area contributed by atoms with Crippen LogP contribution in [-0.4, -0.2) is 44.9 Å². The zero-order valence-corrected chi connectivity index (χ0v) is 19.2. The Bertz CT molecular complexity index is 1070. The zero-order valence-electron chi connectivity index (χ0n) is 19.2. The summed E-state index contributed by atoms with van der Waals surface area (Å²) in [5, 5.41) is 8.47. The minimum Gasteiger partial charge on any atom is -0.493 e. The molecule has 0 aliphatic rings. The number of aromatic nitrogens is 2. The summed E-state index contributed by atoms with van der Waals surface area (Å²) in [5.74, 6) is 2.80. The van der Waals surface area contributed by atoms with E-state index in [1.165, 1.54) is 5.56 Å². The minimum absolute atomic E-state index is 0.262. The highest BCUT2D eigenvalue weighted by Crippen LogP contribution is 2.31. The number of rotatable bonds is 10. The molecular weight excluding hydrogens is 406 g/mol. The van der Waals surface area contributed by atoms with Gasteiger partial charge in [0.2, 0.25) is 5.88 Å². The van der Waals surface area contributed by atoms with E-state index in [0.29, 0.717) is 42.8 Å². The zero-order chi connectivity index (χ0) is 22.9. The lowest BCUT2D eigenvalue weighted by Crippen LogP contribution is -2.12. The van der Waals surface area contributed by atoms with Gasteiger partial charge in [-0.15, -0.1) is 5.11 Å². The maximum absolute atomic E-state index is 5.92. The summed E-state index contributed by atoms with van der Waals surface area (Å²) < 4.78 is 16.8. The van der Waals surface area contributed by atoms with Crippen LogP contribution in [0.1, 0.15) is 16.7 Å². The van der Waals surface area contributed by atoms with Crippen molar-refractivity contribution in [3.63, 3.8) is 0 Å². The summed E-state index contributed by atoms with van der Waals surface area (Å²) in [6, 6.07) is 15.7. The van der Waals surface area contributed by atoms with Gasteiger partial charge >= 0.3 is 0 Å². The number of hydrogen-bond donors (Lipinski definition) is 0. The van der Waals surface area contributed by atoms with Crippen molar-refractivity contribution in [3.8, 4) is 17.4 Å². The number of anilines is 1. The number of benzene rings is 2. The Morgan fingerprint density at radius 1 is 0.969 bits per heavy atom. The fraction of sp³-hybridized carbons (Fsp3) is 0.333. The highest BCUT2D eigenvalue weighted by molar-refractivity contribution is 5.47. The number of ether oxygens (including phenoxy) is 3. The molecule has 32 heavy (non-hydrogen) atoms. The highest BCUT2D eigenvalue weighted by Gasteiger charge is 2.11. The second-order valence-corrected chi connectivity index (χ2v) is 7.40. The molecule has 0 N–H and O–H groups in total. The van der Waals surface area contributed by atoms with Crippen molar-refractivity contribution in [1.82, 2.24) is 9.97 Å². The molecule has 0 atom stereocenters. The van der Waals surface area contributed by atoms with E-state index in [9.17, 15) is 0 Å². The van der Waals surface area contributed by atoms with Gasteiger partial charge in [-0.05, 0) is 18.6 Å². The van der Waals surface area contributed by atoms with Crippen LogP contribution in [0.2, 0.25) is 0 Å². The average molecular weight is 436 g/mol. The van der Waals surface area contributed by atoms with Crippen molar-refractivity contribution in [2.45, 2.75) is 19.9 Å². The first kappa shape index (κ1) is 23.0. The fourth-order valence-corrected chi connectivity index (χ4v) is 3.16. The molecule has 8 nitrogen and oxygen atoms in total. The third-order valence-corrected chi connectivity index (χ3v) is 4.74. The molecule has 0 radical (unpaired) electrons. The lowest BCUT2D eigenvalue weighted by atomic mass is 10.1. The van der Waals surface area contributed by atoms with Gasteiger partial charge in [0.25, 0.3) is 5.95 Å². The van der Waals surface area contributed by atoms with E-state index in [-0.39, 0.29) is 5.95 Å². The van der Waals surface area contributed by atoms with E-state index in [0.717, 1.165) is 11.1 Å². The Balaban J connectivity index is 1.70. The third-order valence-electron chi connectivity index (χ3n) is 4.74. The molecule has 0 saturated carbocycles. The SMILES string of the molecule is COc1cccc(CCOc2cc(N(C)C)nc(N=NCc3cccc(C)c3)n2)c1OC. The molecule has 0 unspecified atom stereocenters. The Kier molecular flexibility index (Phi) is 7.96. The Morgan fingerprint density at radius 2 is 1.78 bits per heavy atom. The van der Waals surface area contributed by atoms with Crippen LogP contribution in [0, 0.1) is 6.92 Å². The second kappa shape index (κ2) is 11.1. The van der Waals surface area contributed by atoms with Gasteiger partial charge in [-0.2, -0.15) is 15.1 Å². The number of para-hydroxylation sites is 1. The van der Waals surface area contributed by atoms with Crippen molar-refractivity contribution < 1.29 is 14.2 Å². The van der Waals surface area contributed by atoms with Gasteiger partial charge in [0.1, 0.15) is 5.82 Å². The van der Waals surface area contributed by atoms with Crippen molar-refractivity contribution in [2.24, 2.45) is 10.2 Å². The van der Waals surface area contributed by atoms with Gasteiger partial charge in [-0.25, -0.2) is 0 Å². The first-order valence-corrected chi connectivity index (χ1v) is 10.3. The molecule has 2 aromatic carbocycles. The lowest BCUT2D eigenvalue weighted by Gasteiger charge is -2.14. The standard InChI is InChI=1S/C24H29N5O3/c1-17-8-6-9-18(14-17)16-25-28-24-26-21(29(2)3)15-22(27-24)32-13-12-19-10-7-11-20(30-4)23(19)31-5/h6-11,14-15H,12-13,16H2,1-5H3. The maximum Gasteiger partial charge on any atom is 0.273 e. The molecule has 1 heterocycles.